The molecule has 0 aliphatic carbocycles. The van der Waals surface area contributed by atoms with Gasteiger partial charge < -0.3 is 36.2 Å². The van der Waals surface area contributed by atoms with Crippen molar-refractivity contribution in [3.8, 4) is 23.0 Å². The van der Waals surface area contributed by atoms with E-state index in [1.54, 1.807) is 55.1 Å². The molecular formula is C55H50N8O5. The number of hydrazone groups is 2. The van der Waals surface area contributed by atoms with Gasteiger partial charge in [-0.15, -0.1) is 0 Å². The van der Waals surface area contributed by atoms with Crippen molar-refractivity contribution in [3.63, 3.8) is 0 Å². The number of nitrogens with one attached hydrogen (secondary N) is 2. The molecule has 2 amide bonds. The van der Waals surface area contributed by atoms with Crippen LogP contribution in [0.25, 0.3) is 0 Å². The van der Waals surface area contributed by atoms with Crippen LogP contribution in [0.15, 0.2) is 217 Å². The van der Waals surface area contributed by atoms with Crippen LogP contribution in [-0.4, -0.2) is 42.6 Å². The molecule has 6 aromatic carbocycles. The van der Waals surface area contributed by atoms with Gasteiger partial charge in [-0.3, -0.25) is 9.97 Å². The first-order chi connectivity index (χ1) is 33.4. The Kier molecular flexibility index (Phi) is 15.3. The van der Waals surface area contributed by atoms with Gasteiger partial charge in [-0.25, -0.2) is 9.80 Å². The van der Waals surface area contributed by atoms with Crippen molar-refractivity contribution in [1.29, 1.82) is 0 Å². The Balaban J connectivity index is 0.000000157. The first kappa shape index (κ1) is 45.6. The highest BCUT2D eigenvalue weighted by atomic mass is 16.5. The summed E-state index contributed by atoms with van der Waals surface area (Å²) in [6.07, 6.45) is 8.15. The molecule has 340 valence electrons. The topological polar surface area (TPSA) is 180 Å². The number of carbonyl (C=O) groups is 1. The predicted octanol–water partition coefficient (Wildman–Crippen LogP) is 10.8. The highest BCUT2D eigenvalue weighted by Crippen LogP contribution is 2.38. The maximum atomic E-state index is 13.5. The summed E-state index contributed by atoms with van der Waals surface area (Å²) in [7, 11) is 0. The molecule has 10 rings (SSSR count). The zero-order valence-corrected chi connectivity index (χ0v) is 37.0. The standard InChI is InChI=1S/C28H24N4O3.C14H13N3O.C13H13NO/c33-26-14-6-4-12-22(26)25-17-24(21-11-8-16-29-18-21)31-32(25)28(34)30-23-13-5-7-15-27(23)35-19-20-9-2-1-3-10-20;18-14-6-2-1-5-11(14)13-8-12(16-17-13)10-4-3-7-15-9-10;14-12-8-4-5-9-13(12)15-10-11-6-2-1-3-7-11/h1-16,18,25,33H,17,19H2,(H,30,34);1-7,9,13,17-18H,8H2;1-9H,10,14H2. The predicted molar refractivity (Wildman–Crippen MR) is 265 cm³/mol. The maximum Gasteiger partial charge on any atom is 0.342 e. The number of amides is 2. The van der Waals surface area contributed by atoms with Crippen molar-refractivity contribution in [2.24, 2.45) is 10.2 Å². The van der Waals surface area contributed by atoms with E-state index < -0.39 is 12.1 Å². The Morgan fingerprint density at radius 1 is 0.603 bits per heavy atom. The molecule has 2 aliphatic heterocycles. The second kappa shape index (κ2) is 22.8. The summed E-state index contributed by atoms with van der Waals surface area (Å²) in [4.78, 5) is 21.7. The minimum Gasteiger partial charge on any atom is -0.508 e. The van der Waals surface area contributed by atoms with Crippen molar-refractivity contribution in [1.82, 2.24) is 20.4 Å². The number of nitrogen functional groups attached to an aromatic ring is 1. The quantitative estimate of drug-likeness (QED) is 0.0790. The first-order valence-electron chi connectivity index (χ1n) is 22.0. The number of phenolic OH excluding ortho intramolecular Hbond substituents is 2. The summed E-state index contributed by atoms with van der Waals surface area (Å²) in [6.45, 7) is 0.927. The SMILES string of the molecule is Nc1ccccc1OCc1ccccc1.O=C(Nc1ccccc1OCc1ccccc1)N1N=C(c2cccnc2)CC1c1ccccc1O.Oc1ccccc1C1CC(c2cccnc2)=NN1. The van der Waals surface area contributed by atoms with E-state index in [-0.39, 0.29) is 11.8 Å². The molecule has 8 aromatic rings. The van der Waals surface area contributed by atoms with Crippen molar-refractivity contribution in [2.75, 3.05) is 11.1 Å². The van der Waals surface area contributed by atoms with E-state index in [4.69, 9.17) is 15.2 Å². The summed E-state index contributed by atoms with van der Waals surface area (Å²) in [5.74, 6) is 1.71. The van der Waals surface area contributed by atoms with Crippen LogP contribution >= 0.6 is 0 Å². The second-order valence-electron chi connectivity index (χ2n) is 15.7. The zero-order chi connectivity index (χ0) is 46.9. The summed E-state index contributed by atoms with van der Waals surface area (Å²) in [5.41, 5.74) is 17.2. The van der Waals surface area contributed by atoms with Crippen molar-refractivity contribution < 1.29 is 24.5 Å². The van der Waals surface area contributed by atoms with Crippen LogP contribution in [0.3, 0.4) is 0 Å². The summed E-state index contributed by atoms with van der Waals surface area (Å²) >= 11 is 0. The normalized spacial score (nSPS) is 14.7. The van der Waals surface area contributed by atoms with Gasteiger partial charge >= 0.3 is 6.03 Å². The summed E-state index contributed by atoms with van der Waals surface area (Å²) in [6, 6.07) is 55.7. The van der Waals surface area contributed by atoms with E-state index in [2.05, 4.69) is 30.9 Å². The fraction of sp³-hybridized carbons (Fsp3) is 0.109. The molecule has 2 atom stereocenters. The van der Waals surface area contributed by atoms with Gasteiger partial charge in [0.15, 0.2) is 0 Å². The number of hydrogen-bond acceptors (Lipinski definition) is 11. The molecule has 2 unspecified atom stereocenters. The number of rotatable bonds is 11. The van der Waals surface area contributed by atoms with Crippen LogP contribution in [0.5, 0.6) is 23.0 Å². The van der Waals surface area contributed by atoms with Crippen LogP contribution < -0.4 is 25.9 Å². The Morgan fingerprint density at radius 3 is 1.74 bits per heavy atom. The monoisotopic (exact) mass is 902 g/mol. The van der Waals surface area contributed by atoms with E-state index in [1.165, 1.54) is 5.01 Å². The zero-order valence-electron chi connectivity index (χ0n) is 37.0. The third-order valence-corrected chi connectivity index (χ3v) is 11.0. The Hall–Kier alpha value is -8.97. The highest BCUT2D eigenvalue weighted by Gasteiger charge is 2.35. The van der Waals surface area contributed by atoms with Crippen LogP contribution in [0.4, 0.5) is 16.2 Å². The lowest BCUT2D eigenvalue weighted by Crippen LogP contribution is -2.31. The third-order valence-electron chi connectivity index (χ3n) is 11.0. The number of phenols is 2. The number of aromatic hydroxyl groups is 2. The Bertz CT molecular complexity index is 2940. The molecule has 0 spiro atoms. The van der Waals surface area contributed by atoms with Gasteiger partial charge in [-0.2, -0.15) is 10.2 Å². The van der Waals surface area contributed by atoms with Crippen molar-refractivity contribution in [2.45, 2.75) is 38.1 Å². The Labute approximate surface area is 394 Å². The van der Waals surface area contributed by atoms with Gasteiger partial charge in [0.25, 0.3) is 0 Å². The smallest absolute Gasteiger partial charge is 0.342 e. The van der Waals surface area contributed by atoms with E-state index in [0.717, 1.165) is 51.4 Å². The molecule has 13 nitrogen and oxygen atoms in total. The fourth-order valence-corrected chi connectivity index (χ4v) is 7.49. The van der Waals surface area contributed by atoms with E-state index in [1.807, 2.05) is 152 Å². The largest absolute Gasteiger partial charge is 0.508 e. The Morgan fingerprint density at radius 2 is 1.13 bits per heavy atom. The highest BCUT2D eigenvalue weighted by molar-refractivity contribution is 6.04. The molecule has 0 saturated heterocycles. The number of benzene rings is 6. The van der Waals surface area contributed by atoms with Crippen LogP contribution in [-0.2, 0) is 13.2 Å². The average molecular weight is 903 g/mol. The van der Waals surface area contributed by atoms with Gasteiger partial charge in [-0.05, 0) is 59.7 Å². The van der Waals surface area contributed by atoms with E-state index in [0.29, 0.717) is 48.1 Å². The third kappa shape index (κ3) is 12.0. The molecule has 0 saturated carbocycles. The van der Waals surface area contributed by atoms with Crippen molar-refractivity contribution >= 4 is 28.8 Å². The van der Waals surface area contributed by atoms with E-state index in [9.17, 15) is 15.0 Å². The minimum atomic E-state index is -0.469. The van der Waals surface area contributed by atoms with Crippen molar-refractivity contribution in [3.05, 3.63) is 240 Å². The van der Waals surface area contributed by atoms with Crippen LogP contribution in [0, 0.1) is 0 Å². The number of urea groups is 1. The number of nitrogens with zero attached hydrogens (tertiary/aromatic N) is 5. The van der Waals surface area contributed by atoms with Gasteiger partial charge in [0.1, 0.15) is 36.2 Å². The molecule has 68 heavy (non-hydrogen) atoms. The van der Waals surface area contributed by atoms with E-state index >= 15 is 0 Å². The molecule has 2 aromatic heterocycles. The second-order valence-corrected chi connectivity index (χ2v) is 15.7. The maximum absolute atomic E-state index is 13.5. The molecule has 4 heterocycles. The molecular weight excluding hydrogens is 853 g/mol. The number of carbonyl (C=O) groups excluding carboxylic acids is 1. The van der Waals surface area contributed by atoms with Gasteiger partial charge in [0.2, 0.25) is 0 Å². The lowest BCUT2D eigenvalue weighted by atomic mass is 9.98. The first-order valence-corrected chi connectivity index (χ1v) is 22.0. The van der Waals surface area contributed by atoms with Gasteiger partial charge in [-0.1, -0.05) is 133 Å². The van der Waals surface area contributed by atoms with Crippen LogP contribution in [0.2, 0.25) is 0 Å². The number of aromatic nitrogens is 2. The number of nitrogens with two attached hydrogens (primary N) is 1. The van der Waals surface area contributed by atoms with Crippen LogP contribution in [0.1, 0.15) is 58.3 Å². The molecule has 2 aliphatic rings. The number of ether oxygens (including phenoxy) is 2. The molecule has 13 heteroatoms. The summed E-state index contributed by atoms with van der Waals surface area (Å²) in [5, 5.41) is 33.6. The molecule has 0 bridgehead atoms. The number of pyridine rings is 2. The molecule has 0 radical (unpaired) electrons. The lowest BCUT2D eigenvalue weighted by Gasteiger charge is -2.23. The number of anilines is 2. The minimum absolute atomic E-state index is 0.0291. The molecule has 0 fully saturated rings. The van der Waals surface area contributed by atoms with Gasteiger partial charge in [0, 0.05) is 59.9 Å². The molecule has 6 N–H and O–H groups in total. The lowest BCUT2D eigenvalue weighted by molar-refractivity contribution is 0.199. The number of hydrogen-bond donors (Lipinski definition) is 5. The van der Waals surface area contributed by atoms with Gasteiger partial charge in [0.05, 0.1) is 34.9 Å². The fourth-order valence-electron chi connectivity index (χ4n) is 7.49. The number of para-hydroxylation sites is 6. The summed E-state index contributed by atoms with van der Waals surface area (Å²) < 4.78 is 11.6. The average Bonchev–Trinajstić information content (AvgIpc) is 4.07.